The molecule has 3 heterocycles. The van der Waals surface area contributed by atoms with Crippen molar-refractivity contribution < 1.29 is 13.2 Å². The Bertz CT molecular complexity index is 1110. The van der Waals surface area contributed by atoms with Gasteiger partial charge >= 0.3 is 6.18 Å². The summed E-state index contributed by atoms with van der Waals surface area (Å²) < 4.78 is 41.1. The lowest BCUT2D eigenvalue weighted by Gasteiger charge is -2.11. The molecule has 26 heavy (non-hydrogen) atoms. The first kappa shape index (κ1) is 16.6. The van der Waals surface area contributed by atoms with Crippen molar-refractivity contribution in [1.29, 1.82) is 0 Å². The lowest BCUT2D eigenvalue weighted by Crippen LogP contribution is -2.09. The molecule has 1 aromatic carbocycles. The molecule has 0 aliphatic carbocycles. The number of imidazole rings is 1. The zero-order valence-corrected chi connectivity index (χ0v) is 14.2. The van der Waals surface area contributed by atoms with Crippen LogP contribution in [-0.4, -0.2) is 24.7 Å². The smallest absolute Gasteiger partial charge is 0.281 e. The summed E-state index contributed by atoms with van der Waals surface area (Å²) in [5.41, 5.74) is 2.33. The molecule has 134 valence electrons. The van der Waals surface area contributed by atoms with Crippen LogP contribution >= 0.6 is 0 Å². The van der Waals surface area contributed by atoms with E-state index in [-0.39, 0.29) is 5.65 Å². The van der Waals surface area contributed by atoms with Crippen molar-refractivity contribution in [3.63, 3.8) is 0 Å². The molecule has 1 N–H and O–H groups in total. The summed E-state index contributed by atoms with van der Waals surface area (Å²) in [7, 11) is 0. The van der Waals surface area contributed by atoms with E-state index in [0.29, 0.717) is 17.8 Å². The third-order valence-electron chi connectivity index (χ3n) is 4.33. The first-order valence-electron chi connectivity index (χ1n) is 8.28. The number of nitrogens with zero attached hydrogens (tertiary/aromatic N) is 4. The molecule has 0 aliphatic heterocycles. The van der Waals surface area contributed by atoms with E-state index in [4.69, 9.17) is 0 Å². The highest BCUT2D eigenvalue weighted by molar-refractivity contribution is 5.85. The van der Waals surface area contributed by atoms with Crippen LogP contribution in [0.3, 0.4) is 0 Å². The van der Waals surface area contributed by atoms with Gasteiger partial charge in [0.15, 0.2) is 5.65 Å². The van der Waals surface area contributed by atoms with Crippen LogP contribution in [0.4, 0.5) is 13.2 Å². The third-order valence-corrected chi connectivity index (χ3v) is 4.33. The number of pyridine rings is 1. The predicted molar refractivity (Wildman–Crippen MR) is 92.3 cm³/mol. The molecule has 0 fully saturated rings. The monoisotopic (exact) mass is 359 g/mol. The topological polar surface area (TPSA) is 59.4 Å². The fourth-order valence-corrected chi connectivity index (χ4v) is 3.17. The highest BCUT2D eigenvalue weighted by Gasteiger charge is 2.33. The number of alkyl halides is 3. The molecule has 5 nitrogen and oxygen atoms in total. The summed E-state index contributed by atoms with van der Waals surface area (Å²) in [5.74, 6) is 0.691. The van der Waals surface area contributed by atoms with Gasteiger partial charge in [0, 0.05) is 17.5 Å². The van der Waals surface area contributed by atoms with Crippen LogP contribution < -0.4 is 0 Å². The van der Waals surface area contributed by atoms with E-state index in [1.807, 2.05) is 26.0 Å². The predicted octanol–water partition coefficient (Wildman–Crippen LogP) is 4.58. The molecule has 0 atom stereocenters. The van der Waals surface area contributed by atoms with Crippen molar-refractivity contribution in [2.24, 2.45) is 0 Å². The largest absolute Gasteiger partial charge is 0.433 e. The Labute approximate surface area is 146 Å². The van der Waals surface area contributed by atoms with Crippen LogP contribution in [0.5, 0.6) is 0 Å². The second-order valence-electron chi connectivity index (χ2n) is 6.25. The molecule has 0 saturated heterocycles. The Hall–Kier alpha value is -2.90. The van der Waals surface area contributed by atoms with Gasteiger partial charge in [-0.1, -0.05) is 6.92 Å². The number of aromatic amines is 1. The van der Waals surface area contributed by atoms with Crippen LogP contribution in [0, 0.1) is 6.92 Å². The van der Waals surface area contributed by atoms with Crippen molar-refractivity contribution in [3.8, 4) is 5.69 Å². The quantitative estimate of drug-likeness (QED) is 0.583. The molecule has 0 spiro atoms. The molecule has 4 rings (SSSR count). The minimum atomic E-state index is -4.50. The number of halogens is 3. The molecule has 0 bridgehead atoms. The molecule has 0 amide bonds. The Morgan fingerprint density at radius 2 is 1.96 bits per heavy atom. The number of hydrogen-bond donors (Lipinski definition) is 1. The van der Waals surface area contributed by atoms with E-state index < -0.39 is 11.9 Å². The maximum absolute atomic E-state index is 13.1. The van der Waals surface area contributed by atoms with Crippen LogP contribution in [0.25, 0.3) is 27.8 Å². The number of benzene rings is 1. The van der Waals surface area contributed by atoms with Gasteiger partial charge < -0.3 is 0 Å². The standard InChI is InChI=1S/C18H16F3N5/c1-3-4-15-23-13-5-6-14(18(19,20)21)24-17(13)26(15)12-7-10(2)16-11(8-12)9-22-25-16/h5-9H,3-4H2,1-2H3,(H,22,25). The number of aromatic nitrogens is 5. The minimum absolute atomic E-state index is 0.213. The van der Waals surface area contributed by atoms with Gasteiger partial charge in [0.2, 0.25) is 0 Å². The highest BCUT2D eigenvalue weighted by atomic mass is 19.4. The van der Waals surface area contributed by atoms with Crippen LogP contribution in [0.1, 0.15) is 30.4 Å². The first-order valence-corrected chi connectivity index (χ1v) is 8.28. The molecule has 4 aromatic rings. The van der Waals surface area contributed by atoms with Gasteiger partial charge in [-0.2, -0.15) is 18.3 Å². The lowest BCUT2D eigenvalue weighted by molar-refractivity contribution is -0.141. The number of fused-ring (bicyclic) bond motifs is 2. The number of hydrogen-bond acceptors (Lipinski definition) is 3. The molecular weight excluding hydrogens is 343 g/mol. The number of H-pyrrole nitrogens is 1. The minimum Gasteiger partial charge on any atom is -0.281 e. The Balaban J connectivity index is 2.02. The van der Waals surface area contributed by atoms with Crippen LogP contribution in [0.15, 0.2) is 30.5 Å². The molecule has 0 aliphatic rings. The highest BCUT2D eigenvalue weighted by Crippen LogP contribution is 2.31. The molecular formula is C18H16F3N5. The van der Waals surface area contributed by atoms with Crippen molar-refractivity contribution in [3.05, 3.63) is 47.5 Å². The normalized spacial score (nSPS) is 12.3. The summed E-state index contributed by atoms with van der Waals surface area (Å²) in [4.78, 5) is 8.38. The maximum Gasteiger partial charge on any atom is 0.433 e. The zero-order chi connectivity index (χ0) is 18.5. The fraction of sp³-hybridized carbons (Fsp3) is 0.278. The number of rotatable bonds is 3. The van der Waals surface area contributed by atoms with Crippen molar-refractivity contribution >= 4 is 22.1 Å². The van der Waals surface area contributed by atoms with E-state index in [0.717, 1.165) is 34.6 Å². The summed E-state index contributed by atoms with van der Waals surface area (Å²) >= 11 is 0. The molecule has 8 heteroatoms. The van der Waals surface area contributed by atoms with E-state index >= 15 is 0 Å². The zero-order valence-electron chi connectivity index (χ0n) is 14.2. The fourth-order valence-electron chi connectivity index (χ4n) is 3.17. The number of nitrogens with one attached hydrogen (secondary N) is 1. The maximum atomic E-state index is 13.1. The van der Waals surface area contributed by atoms with Crippen LogP contribution in [-0.2, 0) is 12.6 Å². The van der Waals surface area contributed by atoms with Gasteiger partial charge in [-0.05, 0) is 43.2 Å². The van der Waals surface area contributed by atoms with Gasteiger partial charge in [-0.25, -0.2) is 9.97 Å². The van der Waals surface area contributed by atoms with E-state index in [1.54, 1.807) is 10.8 Å². The molecule has 0 unspecified atom stereocenters. The summed E-state index contributed by atoms with van der Waals surface area (Å²) in [6.45, 7) is 3.93. The Morgan fingerprint density at radius 3 is 2.69 bits per heavy atom. The second-order valence-corrected chi connectivity index (χ2v) is 6.25. The van der Waals surface area contributed by atoms with E-state index in [2.05, 4.69) is 20.2 Å². The average molecular weight is 359 g/mol. The van der Waals surface area contributed by atoms with Gasteiger partial charge in [-0.3, -0.25) is 9.67 Å². The first-order chi connectivity index (χ1) is 12.4. The summed E-state index contributed by atoms with van der Waals surface area (Å²) in [6, 6.07) is 6.14. The number of aryl methyl sites for hydroxylation is 2. The Morgan fingerprint density at radius 1 is 1.15 bits per heavy atom. The van der Waals surface area contributed by atoms with Gasteiger partial charge in [0.05, 0.1) is 11.7 Å². The lowest BCUT2D eigenvalue weighted by atomic mass is 10.1. The third kappa shape index (κ3) is 2.61. The average Bonchev–Trinajstić information content (AvgIpc) is 3.17. The summed E-state index contributed by atoms with van der Waals surface area (Å²) in [5, 5.41) is 7.85. The summed E-state index contributed by atoms with van der Waals surface area (Å²) in [6.07, 6.45) is -1.35. The van der Waals surface area contributed by atoms with E-state index in [1.165, 1.54) is 6.07 Å². The molecule has 3 aromatic heterocycles. The van der Waals surface area contributed by atoms with Crippen LogP contribution in [0.2, 0.25) is 0 Å². The molecule has 0 radical (unpaired) electrons. The van der Waals surface area contributed by atoms with Crippen molar-refractivity contribution in [1.82, 2.24) is 24.7 Å². The SMILES string of the molecule is CCCc1nc2ccc(C(F)(F)F)nc2n1-c1cc(C)c2[nH]ncc2c1. The van der Waals surface area contributed by atoms with Gasteiger partial charge in [0.25, 0.3) is 0 Å². The Kier molecular flexibility index (Phi) is 3.71. The molecule has 0 saturated carbocycles. The second kappa shape index (κ2) is 5.82. The van der Waals surface area contributed by atoms with Crippen molar-refractivity contribution in [2.75, 3.05) is 0 Å². The van der Waals surface area contributed by atoms with E-state index in [9.17, 15) is 13.2 Å². The van der Waals surface area contributed by atoms with Gasteiger partial charge in [-0.15, -0.1) is 0 Å². The van der Waals surface area contributed by atoms with Crippen molar-refractivity contribution in [2.45, 2.75) is 32.9 Å². The van der Waals surface area contributed by atoms with Gasteiger partial charge in [0.1, 0.15) is 17.0 Å².